The number of amides is 1. The van der Waals surface area contributed by atoms with Crippen LogP contribution in [0.3, 0.4) is 0 Å². The summed E-state index contributed by atoms with van der Waals surface area (Å²) in [4.78, 5) is 29.1. The molecule has 0 bridgehead atoms. The Morgan fingerprint density at radius 3 is 2.35 bits per heavy atom. The summed E-state index contributed by atoms with van der Waals surface area (Å²) in [6, 6.07) is 14.9. The van der Waals surface area contributed by atoms with E-state index in [1.807, 2.05) is 44.2 Å². The molecule has 1 amide bonds. The summed E-state index contributed by atoms with van der Waals surface area (Å²) in [5.41, 5.74) is 1.96. The van der Waals surface area contributed by atoms with E-state index in [9.17, 15) is 18.0 Å². The van der Waals surface area contributed by atoms with E-state index in [1.54, 1.807) is 24.3 Å². The fraction of sp³-hybridized carbons (Fsp3) is 0.400. The molecule has 1 heterocycles. The van der Waals surface area contributed by atoms with Crippen molar-refractivity contribution in [3.05, 3.63) is 66.1 Å². The largest absolute Gasteiger partial charge is 0.434 e. The average Bonchev–Trinajstić information content (AvgIpc) is 3.20. The predicted octanol–water partition coefficient (Wildman–Crippen LogP) is 3.48. The van der Waals surface area contributed by atoms with E-state index in [0.717, 1.165) is 5.56 Å². The lowest BCUT2D eigenvalue weighted by molar-refractivity contribution is -0.119. The topological polar surface area (TPSA) is 118 Å². The molecule has 2 N–H and O–H groups in total. The monoisotopic (exact) mass is 485 g/mol. The maximum absolute atomic E-state index is 13.3. The highest BCUT2D eigenvalue weighted by atomic mass is 32.2. The number of fused-ring (bicyclic) bond motifs is 1. The lowest BCUT2D eigenvalue weighted by Crippen LogP contribution is -2.47. The van der Waals surface area contributed by atoms with E-state index in [4.69, 9.17) is 4.42 Å². The minimum atomic E-state index is -3.91. The Bertz CT molecular complexity index is 1190. The highest BCUT2D eigenvalue weighted by Crippen LogP contribution is 2.18. The molecule has 2 unspecified atom stereocenters. The maximum atomic E-state index is 13.3. The third-order valence-electron chi connectivity index (χ3n) is 5.29. The van der Waals surface area contributed by atoms with E-state index in [1.165, 1.54) is 6.92 Å². The quantitative estimate of drug-likeness (QED) is 0.379. The molecule has 0 saturated carbocycles. The van der Waals surface area contributed by atoms with Crippen LogP contribution in [-0.2, 0) is 21.2 Å². The third-order valence-corrected chi connectivity index (χ3v) is 6.78. The zero-order valence-corrected chi connectivity index (χ0v) is 20.5. The van der Waals surface area contributed by atoms with Gasteiger partial charge in [-0.2, -0.15) is 0 Å². The molecule has 3 rings (SSSR count). The van der Waals surface area contributed by atoms with E-state index >= 15 is 0 Å². The Morgan fingerprint density at radius 2 is 1.71 bits per heavy atom. The third kappa shape index (κ3) is 7.50. The molecule has 34 heavy (non-hydrogen) atoms. The molecule has 0 aliphatic heterocycles. The normalized spacial score (nSPS) is 13.6. The number of nitrogens with zero attached hydrogens (tertiary/aromatic N) is 1. The summed E-state index contributed by atoms with van der Waals surface area (Å²) in [6.45, 7) is 5.26. The lowest BCUT2D eigenvalue weighted by atomic mass is 10.0. The van der Waals surface area contributed by atoms with Crippen molar-refractivity contribution in [1.29, 1.82) is 0 Å². The first-order valence-corrected chi connectivity index (χ1v) is 13.0. The van der Waals surface area contributed by atoms with Crippen molar-refractivity contribution in [2.24, 2.45) is 5.92 Å². The summed E-state index contributed by atoms with van der Waals surface area (Å²) in [7, 11) is -3.91. The van der Waals surface area contributed by atoms with Crippen LogP contribution in [0.15, 0.2) is 59.0 Å². The number of rotatable bonds is 12. The summed E-state index contributed by atoms with van der Waals surface area (Å²) in [6.07, 6.45) is 1.21. The van der Waals surface area contributed by atoms with Gasteiger partial charge in [0.1, 0.15) is 5.52 Å². The van der Waals surface area contributed by atoms with Crippen LogP contribution >= 0.6 is 0 Å². The van der Waals surface area contributed by atoms with Crippen LogP contribution in [0.25, 0.3) is 11.1 Å². The number of benzene rings is 2. The predicted molar refractivity (Wildman–Crippen MR) is 131 cm³/mol. The summed E-state index contributed by atoms with van der Waals surface area (Å²) in [5, 5.41) is 2.70. The van der Waals surface area contributed by atoms with Gasteiger partial charge in [0.05, 0.1) is 11.8 Å². The molecule has 1 aromatic heterocycles. The second kappa shape index (κ2) is 11.4. The van der Waals surface area contributed by atoms with Crippen molar-refractivity contribution in [2.75, 3.05) is 5.75 Å². The van der Waals surface area contributed by atoms with Crippen LogP contribution in [0, 0.1) is 5.92 Å². The molecule has 0 aliphatic carbocycles. The molecule has 182 valence electrons. The number of carbonyl (C=O) groups is 2. The molecule has 9 heteroatoms. The van der Waals surface area contributed by atoms with Crippen molar-refractivity contribution in [2.45, 2.75) is 52.1 Å². The van der Waals surface area contributed by atoms with Gasteiger partial charge in [0.2, 0.25) is 21.7 Å². The Morgan fingerprint density at radius 1 is 1.03 bits per heavy atom. The van der Waals surface area contributed by atoms with Crippen LogP contribution in [0.1, 0.15) is 49.9 Å². The SMILES string of the molecule is CC(=O)NC(CC(C)C)CS(=O)(=O)NC(CCc1ccccc1)C(=O)c1nc2ccccc2o1. The number of para-hydroxylation sites is 2. The zero-order valence-electron chi connectivity index (χ0n) is 19.7. The summed E-state index contributed by atoms with van der Waals surface area (Å²) in [5.74, 6) is -1.11. The Hall–Kier alpha value is -3.04. The van der Waals surface area contributed by atoms with E-state index < -0.39 is 27.9 Å². The molecular weight excluding hydrogens is 454 g/mol. The van der Waals surface area contributed by atoms with Crippen molar-refractivity contribution >= 4 is 32.8 Å². The van der Waals surface area contributed by atoms with Gasteiger partial charge in [-0.25, -0.2) is 18.1 Å². The number of nitrogens with one attached hydrogen (secondary N) is 2. The van der Waals surface area contributed by atoms with Crippen molar-refractivity contribution in [3.63, 3.8) is 0 Å². The van der Waals surface area contributed by atoms with E-state index in [2.05, 4.69) is 15.0 Å². The fourth-order valence-electron chi connectivity index (χ4n) is 3.88. The molecule has 0 saturated heterocycles. The van der Waals surface area contributed by atoms with Gasteiger partial charge < -0.3 is 9.73 Å². The standard InChI is InChI=1S/C25H31N3O5S/c1-17(2)15-20(26-18(3)29)16-34(31,32)28-22(14-13-19-9-5-4-6-10-19)24(30)25-27-21-11-7-8-12-23(21)33-25/h4-12,17,20,22,28H,13-16H2,1-3H3,(H,26,29). The first kappa shape index (κ1) is 25.6. The number of aryl methyl sites for hydroxylation is 1. The van der Waals surface area contributed by atoms with Crippen LogP contribution in [-0.4, -0.2) is 42.9 Å². The van der Waals surface area contributed by atoms with Gasteiger partial charge in [0.25, 0.3) is 5.89 Å². The lowest BCUT2D eigenvalue weighted by Gasteiger charge is -2.22. The Labute approximate surface area is 200 Å². The second-order valence-corrected chi connectivity index (χ2v) is 10.7. The number of aromatic nitrogens is 1. The highest BCUT2D eigenvalue weighted by molar-refractivity contribution is 7.89. The minimum absolute atomic E-state index is 0.137. The van der Waals surface area contributed by atoms with Crippen LogP contribution < -0.4 is 10.0 Å². The summed E-state index contributed by atoms with van der Waals surface area (Å²) < 4.78 is 34.3. The minimum Gasteiger partial charge on any atom is -0.434 e. The van der Waals surface area contributed by atoms with Gasteiger partial charge in [-0.3, -0.25) is 9.59 Å². The average molecular weight is 486 g/mol. The number of sulfonamides is 1. The molecular formula is C25H31N3O5S. The molecule has 0 fully saturated rings. The number of ketones is 1. The first-order chi connectivity index (χ1) is 16.1. The van der Waals surface area contributed by atoms with Gasteiger partial charge in [-0.1, -0.05) is 56.3 Å². The van der Waals surface area contributed by atoms with Gasteiger partial charge in [-0.15, -0.1) is 0 Å². The Kier molecular flexibility index (Phi) is 8.57. The van der Waals surface area contributed by atoms with Gasteiger partial charge >= 0.3 is 0 Å². The number of hydrogen-bond donors (Lipinski definition) is 2. The van der Waals surface area contributed by atoms with Crippen molar-refractivity contribution < 1.29 is 22.4 Å². The van der Waals surface area contributed by atoms with Crippen LogP contribution in [0.4, 0.5) is 0 Å². The van der Waals surface area contributed by atoms with Crippen molar-refractivity contribution in [3.8, 4) is 0 Å². The second-order valence-electron chi connectivity index (χ2n) is 8.85. The molecule has 2 atom stereocenters. The number of oxazole rings is 1. The summed E-state index contributed by atoms with van der Waals surface area (Å²) >= 11 is 0. The first-order valence-electron chi connectivity index (χ1n) is 11.3. The molecule has 0 radical (unpaired) electrons. The number of carbonyl (C=O) groups excluding carboxylic acids is 2. The van der Waals surface area contributed by atoms with Gasteiger partial charge in [-0.05, 0) is 42.9 Å². The number of Topliss-reactive ketones (excluding diaryl/α,β-unsaturated/α-hetero) is 1. The van der Waals surface area contributed by atoms with Crippen molar-refractivity contribution in [1.82, 2.24) is 15.0 Å². The molecule has 0 spiro atoms. The highest BCUT2D eigenvalue weighted by Gasteiger charge is 2.30. The zero-order chi connectivity index (χ0) is 24.7. The molecule has 3 aromatic rings. The Balaban J connectivity index is 1.82. The van der Waals surface area contributed by atoms with E-state index in [-0.39, 0.29) is 29.9 Å². The number of hydrogen-bond acceptors (Lipinski definition) is 6. The van der Waals surface area contributed by atoms with E-state index in [0.29, 0.717) is 23.9 Å². The smallest absolute Gasteiger partial charge is 0.266 e. The molecule has 0 aliphatic rings. The van der Waals surface area contributed by atoms with Gasteiger partial charge in [0.15, 0.2) is 5.58 Å². The van der Waals surface area contributed by atoms with Crippen LogP contribution in [0.2, 0.25) is 0 Å². The van der Waals surface area contributed by atoms with Crippen LogP contribution in [0.5, 0.6) is 0 Å². The maximum Gasteiger partial charge on any atom is 0.266 e. The molecule has 2 aromatic carbocycles. The molecule has 8 nitrogen and oxygen atoms in total. The fourth-order valence-corrected chi connectivity index (χ4v) is 5.38. The van der Waals surface area contributed by atoms with Gasteiger partial charge in [0, 0.05) is 13.0 Å².